The van der Waals surface area contributed by atoms with E-state index < -0.39 is 0 Å². The first-order valence-electron chi connectivity index (χ1n) is 6.16. The van der Waals surface area contributed by atoms with Gasteiger partial charge in [0.25, 0.3) is 0 Å². The third kappa shape index (κ3) is 3.30. The Bertz CT molecular complexity index is 488. The number of rotatable bonds is 4. The van der Waals surface area contributed by atoms with Crippen LogP contribution in [0.2, 0.25) is 0 Å². The summed E-state index contributed by atoms with van der Waals surface area (Å²) in [5.41, 5.74) is 3.77. The van der Waals surface area contributed by atoms with E-state index in [0.717, 1.165) is 0 Å². The van der Waals surface area contributed by atoms with Crippen molar-refractivity contribution in [3.63, 3.8) is 0 Å². The molecule has 18 heavy (non-hydrogen) atoms. The Kier molecular flexibility index (Phi) is 4.32. The van der Waals surface area contributed by atoms with E-state index in [4.69, 9.17) is 0 Å². The first kappa shape index (κ1) is 13.0. The monoisotopic (exact) mass is 257 g/mol. The summed E-state index contributed by atoms with van der Waals surface area (Å²) >= 11 is 1.77. The predicted molar refractivity (Wildman–Crippen MR) is 81.4 cm³/mol. The van der Waals surface area contributed by atoms with Crippen molar-refractivity contribution in [2.24, 2.45) is 0 Å². The Balaban J connectivity index is 2.06. The molecule has 2 aromatic rings. The molecule has 0 aromatic heterocycles. The molecule has 1 atom stereocenters. The van der Waals surface area contributed by atoms with Gasteiger partial charge in [0.15, 0.2) is 0 Å². The largest absolute Gasteiger partial charge is 0.379 e. The lowest BCUT2D eigenvalue weighted by Gasteiger charge is -2.16. The van der Waals surface area contributed by atoms with Crippen molar-refractivity contribution in [1.82, 2.24) is 0 Å². The topological polar surface area (TPSA) is 12.0 Å². The number of hydrogen-bond donors (Lipinski definition) is 1. The van der Waals surface area contributed by atoms with Gasteiger partial charge < -0.3 is 5.32 Å². The van der Waals surface area contributed by atoms with E-state index in [-0.39, 0.29) is 0 Å². The predicted octanol–water partition coefficient (Wildman–Crippen LogP) is 4.89. The maximum atomic E-state index is 3.52. The summed E-state index contributed by atoms with van der Waals surface area (Å²) in [5, 5.41) is 3.52. The fourth-order valence-electron chi connectivity index (χ4n) is 1.88. The van der Waals surface area contributed by atoms with Gasteiger partial charge in [-0.05, 0) is 49.9 Å². The summed E-state index contributed by atoms with van der Waals surface area (Å²) in [6.07, 6.45) is 2.10. The number of hydrogen-bond acceptors (Lipinski definition) is 2. The van der Waals surface area contributed by atoms with Crippen LogP contribution in [0.4, 0.5) is 5.69 Å². The van der Waals surface area contributed by atoms with Crippen LogP contribution in [0.5, 0.6) is 0 Å². The highest BCUT2D eigenvalue weighted by atomic mass is 32.2. The second-order valence-corrected chi connectivity index (χ2v) is 5.38. The van der Waals surface area contributed by atoms with Crippen molar-refractivity contribution < 1.29 is 0 Å². The normalized spacial score (nSPS) is 12.2. The van der Waals surface area contributed by atoms with Crippen LogP contribution in [-0.4, -0.2) is 6.26 Å². The molecule has 0 bridgehead atoms. The molecule has 0 spiro atoms. The van der Waals surface area contributed by atoms with Crippen molar-refractivity contribution in [3.8, 4) is 0 Å². The second kappa shape index (κ2) is 5.96. The third-order valence-corrected chi connectivity index (χ3v) is 3.79. The van der Waals surface area contributed by atoms with E-state index in [9.17, 15) is 0 Å². The van der Waals surface area contributed by atoms with Gasteiger partial charge in [-0.3, -0.25) is 0 Å². The van der Waals surface area contributed by atoms with Crippen LogP contribution in [0.3, 0.4) is 0 Å². The summed E-state index contributed by atoms with van der Waals surface area (Å²) in [5.74, 6) is 0. The average molecular weight is 257 g/mol. The van der Waals surface area contributed by atoms with Gasteiger partial charge in [-0.2, -0.15) is 0 Å². The Morgan fingerprint density at radius 3 is 2.11 bits per heavy atom. The Morgan fingerprint density at radius 1 is 0.944 bits per heavy atom. The van der Waals surface area contributed by atoms with Crippen LogP contribution in [-0.2, 0) is 0 Å². The van der Waals surface area contributed by atoms with E-state index in [1.54, 1.807) is 11.8 Å². The number of anilines is 1. The third-order valence-electron chi connectivity index (χ3n) is 3.05. The summed E-state index contributed by atoms with van der Waals surface area (Å²) in [6.45, 7) is 4.29. The first-order chi connectivity index (χ1) is 8.69. The Hall–Kier alpha value is -1.41. The van der Waals surface area contributed by atoms with E-state index in [1.807, 2.05) is 0 Å². The lowest BCUT2D eigenvalue weighted by atomic mass is 10.1. The SMILES string of the molecule is CSc1ccc(C(C)Nc2ccc(C)cc2)cc1. The zero-order chi connectivity index (χ0) is 13.0. The van der Waals surface area contributed by atoms with Crippen molar-refractivity contribution in [1.29, 1.82) is 0 Å². The fourth-order valence-corrected chi connectivity index (χ4v) is 2.28. The van der Waals surface area contributed by atoms with Gasteiger partial charge in [0.05, 0.1) is 0 Å². The van der Waals surface area contributed by atoms with Crippen LogP contribution < -0.4 is 5.32 Å². The van der Waals surface area contributed by atoms with Gasteiger partial charge in [-0.15, -0.1) is 11.8 Å². The standard InChI is InChI=1S/C16H19NS/c1-12-4-8-15(9-5-12)17-13(2)14-6-10-16(18-3)11-7-14/h4-11,13,17H,1-3H3. The van der Waals surface area contributed by atoms with Crippen molar-refractivity contribution in [3.05, 3.63) is 59.7 Å². The Labute approximate surface area is 114 Å². The fraction of sp³-hybridized carbons (Fsp3) is 0.250. The van der Waals surface area contributed by atoms with Gasteiger partial charge in [-0.1, -0.05) is 29.8 Å². The van der Waals surface area contributed by atoms with Crippen molar-refractivity contribution in [2.45, 2.75) is 24.8 Å². The number of nitrogens with one attached hydrogen (secondary N) is 1. The van der Waals surface area contributed by atoms with Gasteiger partial charge in [-0.25, -0.2) is 0 Å². The molecular formula is C16H19NS. The molecule has 0 saturated carbocycles. The molecule has 94 valence electrons. The van der Waals surface area contributed by atoms with E-state index in [0.29, 0.717) is 6.04 Å². The molecular weight excluding hydrogens is 238 g/mol. The quantitative estimate of drug-likeness (QED) is 0.783. The van der Waals surface area contributed by atoms with E-state index in [1.165, 1.54) is 21.7 Å². The lowest BCUT2D eigenvalue weighted by Crippen LogP contribution is -2.06. The molecule has 0 radical (unpaired) electrons. The molecule has 0 saturated heterocycles. The zero-order valence-corrected chi connectivity index (χ0v) is 11.9. The van der Waals surface area contributed by atoms with Crippen LogP contribution in [0.1, 0.15) is 24.1 Å². The van der Waals surface area contributed by atoms with Crippen LogP contribution in [0.25, 0.3) is 0 Å². The zero-order valence-electron chi connectivity index (χ0n) is 11.1. The molecule has 1 N–H and O–H groups in total. The molecule has 0 fully saturated rings. The van der Waals surface area contributed by atoms with Crippen molar-refractivity contribution in [2.75, 3.05) is 11.6 Å². The molecule has 2 heteroatoms. The average Bonchev–Trinajstić information content (AvgIpc) is 2.41. The van der Waals surface area contributed by atoms with Crippen LogP contribution in [0.15, 0.2) is 53.4 Å². The highest BCUT2D eigenvalue weighted by molar-refractivity contribution is 7.98. The highest BCUT2D eigenvalue weighted by Gasteiger charge is 2.04. The maximum absolute atomic E-state index is 3.52. The number of benzene rings is 2. The molecule has 0 heterocycles. The molecule has 0 aliphatic heterocycles. The second-order valence-electron chi connectivity index (χ2n) is 4.51. The number of aryl methyl sites for hydroxylation is 1. The van der Waals surface area contributed by atoms with Crippen LogP contribution in [0, 0.1) is 6.92 Å². The number of thioether (sulfide) groups is 1. The van der Waals surface area contributed by atoms with Gasteiger partial charge in [0.1, 0.15) is 0 Å². The van der Waals surface area contributed by atoms with Crippen molar-refractivity contribution >= 4 is 17.4 Å². The smallest absolute Gasteiger partial charge is 0.0485 e. The van der Waals surface area contributed by atoms with Gasteiger partial charge >= 0.3 is 0 Å². The summed E-state index contributed by atoms with van der Waals surface area (Å²) < 4.78 is 0. The molecule has 0 amide bonds. The summed E-state index contributed by atoms with van der Waals surface area (Å²) in [6, 6.07) is 17.6. The molecule has 1 unspecified atom stereocenters. The summed E-state index contributed by atoms with van der Waals surface area (Å²) in [4.78, 5) is 1.31. The van der Waals surface area contributed by atoms with Gasteiger partial charge in [0, 0.05) is 16.6 Å². The molecule has 2 aromatic carbocycles. The minimum absolute atomic E-state index is 0.323. The highest BCUT2D eigenvalue weighted by Crippen LogP contribution is 2.22. The van der Waals surface area contributed by atoms with Crippen LogP contribution >= 0.6 is 11.8 Å². The summed E-state index contributed by atoms with van der Waals surface area (Å²) in [7, 11) is 0. The molecule has 0 aliphatic rings. The van der Waals surface area contributed by atoms with E-state index >= 15 is 0 Å². The Morgan fingerprint density at radius 2 is 1.56 bits per heavy atom. The first-order valence-corrected chi connectivity index (χ1v) is 7.38. The molecule has 1 nitrogen and oxygen atoms in total. The lowest BCUT2D eigenvalue weighted by molar-refractivity contribution is 0.882. The molecule has 0 aliphatic carbocycles. The minimum atomic E-state index is 0.323. The maximum Gasteiger partial charge on any atom is 0.0485 e. The van der Waals surface area contributed by atoms with E-state index in [2.05, 4.69) is 74.0 Å². The van der Waals surface area contributed by atoms with Gasteiger partial charge in [0.2, 0.25) is 0 Å². The molecule has 2 rings (SSSR count). The minimum Gasteiger partial charge on any atom is -0.379 e.